The topological polar surface area (TPSA) is 21.7 Å². The van der Waals surface area contributed by atoms with Crippen molar-refractivity contribution in [2.45, 2.75) is 0 Å². The molecule has 40 heavy (non-hydrogen) atoms. The van der Waals surface area contributed by atoms with Gasteiger partial charge in [0.25, 0.3) is 0 Å². The van der Waals surface area contributed by atoms with E-state index in [4.69, 9.17) is 9.47 Å². The van der Waals surface area contributed by atoms with Gasteiger partial charge in [-0.2, -0.15) is 0 Å². The van der Waals surface area contributed by atoms with E-state index in [0.29, 0.717) is 0 Å². The number of para-hydroxylation sites is 5. The summed E-state index contributed by atoms with van der Waals surface area (Å²) in [5.74, 6) is 3.55. The molecule has 2 aliphatic rings. The van der Waals surface area contributed by atoms with E-state index >= 15 is 0 Å². The van der Waals surface area contributed by atoms with Gasteiger partial charge >= 0.3 is 237 Å². The molecule has 0 N–H and O–H groups in total. The van der Waals surface area contributed by atoms with Crippen molar-refractivity contribution < 1.29 is 9.47 Å². The quantitative estimate of drug-likeness (QED) is 0.218. The van der Waals surface area contributed by atoms with Gasteiger partial charge in [-0.3, -0.25) is 0 Å². The first-order valence-corrected chi connectivity index (χ1v) is 17.7. The first-order valence-electron chi connectivity index (χ1n) is 13.5. The Kier molecular flexibility index (Phi) is 5.32. The summed E-state index contributed by atoms with van der Waals surface area (Å²) in [7, 11) is 0. The first kappa shape index (κ1) is 23.2. The Morgan fingerprint density at radius 3 is 1.50 bits per heavy atom. The van der Waals surface area contributed by atoms with Gasteiger partial charge in [-0.25, -0.2) is 0 Å². The maximum atomic E-state index is 6.77. The molecule has 0 saturated carbocycles. The molecule has 3 nitrogen and oxygen atoms in total. The Bertz CT molecular complexity index is 1780. The van der Waals surface area contributed by atoms with Gasteiger partial charge in [0.15, 0.2) is 0 Å². The summed E-state index contributed by atoms with van der Waals surface area (Å²) in [4.78, 5) is 2.28. The molecular formula is C36H25GeNO2. The zero-order valence-electron chi connectivity index (χ0n) is 21.7. The van der Waals surface area contributed by atoms with Gasteiger partial charge in [0.2, 0.25) is 0 Å². The minimum atomic E-state index is -3.40. The number of benzene rings is 6. The molecule has 190 valence electrons. The summed E-state index contributed by atoms with van der Waals surface area (Å²) in [5.41, 5.74) is 3.06. The van der Waals surface area contributed by atoms with Crippen molar-refractivity contribution in [1.82, 2.24) is 0 Å². The van der Waals surface area contributed by atoms with E-state index in [1.165, 1.54) is 17.6 Å². The normalized spacial score (nSPS) is 14.1. The second kappa shape index (κ2) is 9.18. The van der Waals surface area contributed by atoms with Crippen LogP contribution in [0.25, 0.3) is 0 Å². The van der Waals surface area contributed by atoms with E-state index in [1.54, 1.807) is 0 Å². The fourth-order valence-corrected chi connectivity index (χ4v) is 16.7. The summed E-state index contributed by atoms with van der Waals surface area (Å²) in [6.45, 7) is 0. The average Bonchev–Trinajstić information content (AvgIpc) is 3.03. The molecule has 0 amide bonds. The van der Waals surface area contributed by atoms with Crippen LogP contribution < -0.4 is 32.0 Å². The summed E-state index contributed by atoms with van der Waals surface area (Å²) in [6.07, 6.45) is 0. The van der Waals surface area contributed by atoms with Crippen molar-refractivity contribution in [2.75, 3.05) is 4.90 Å². The van der Waals surface area contributed by atoms with Gasteiger partial charge in [0, 0.05) is 0 Å². The van der Waals surface area contributed by atoms with E-state index in [9.17, 15) is 0 Å². The molecule has 0 bridgehead atoms. The molecule has 0 atom stereocenters. The van der Waals surface area contributed by atoms with Crippen molar-refractivity contribution in [3.05, 3.63) is 152 Å². The van der Waals surface area contributed by atoms with Crippen LogP contribution in [-0.4, -0.2) is 13.3 Å². The van der Waals surface area contributed by atoms with Gasteiger partial charge in [-0.15, -0.1) is 0 Å². The molecule has 0 spiro atoms. The molecule has 0 unspecified atom stereocenters. The van der Waals surface area contributed by atoms with Gasteiger partial charge in [0.05, 0.1) is 0 Å². The first-order chi connectivity index (χ1) is 19.8. The van der Waals surface area contributed by atoms with Gasteiger partial charge in [-0.05, 0) is 0 Å². The molecule has 0 fully saturated rings. The van der Waals surface area contributed by atoms with Crippen molar-refractivity contribution in [1.29, 1.82) is 0 Å². The standard InChI is InChI=1S/C36H25GeNO2/c1-3-13-26(14-4-1)37(27-15-5-2-6-16-27)29-17-7-10-20-33(29)39-36-25-28(23-24-30(36)37)38-31-18-8-11-21-34(31)40-35-22-12-9-19-32(35)38/h1-25H. The fraction of sp³-hybridized carbons (Fsp3) is 0. The number of anilines is 3. The number of nitrogens with zero attached hydrogens (tertiary/aromatic N) is 1. The van der Waals surface area contributed by atoms with Crippen molar-refractivity contribution in [2.24, 2.45) is 0 Å². The van der Waals surface area contributed by atoms with Crippen LogP contribution in [-0.2, 0) is 0 Å². The van der Waals surface area contributed by atoms with E-state index in [2.05, 4.69) is 132 Å². The molecule has 0 aromatic heterocycles. The van der Waals surface area contributed by atoms with Crippen LogP contribution in [0.2, 0.25) is 0 Å². The molecule has 2 aliphatic heterocycles. The second-order valence-corrected chi connectivity index (χ2v) is 18.0. The Balaban J connectivity index is 1.40. The number of ether oxygens (including phenoxy) is 2. The van der Waals surface area contributed by atoms with Gasteiger partial charge < -0.3 is 0 Å². The van der Waals surface area contributed by atoms with E-state index in [1.807, 2.05) is 24.3 Å². The Morgan fingerprint density at radius 1 is 0.400 bits per heavy atom. The monoisotopic (exact) mass is 577 g/mol. The zero-order chi connectivity index (χ0) is 26.5. The van der Waals surface area contributed by atoms with Crippen LogP contribution in [0.3, 0.4) is 0 Å². The second-order valence-electron chi connectivity index (χ2n) is 10.1. The number of hydrogen-bond acceptors (Lipinski definition) is 3. The van der Waals surface area contributed by atoms with Crippen LogP contribution in [0.5, 0.6) is 23.0 Å². The van der Waals surface area contributed by atoms with E-state index in [-0.39, 0.29) is 0 Å². The molecule has 6 aromatic carbocycles. The molecule has 6 aromatic rings. The molecule has 4 heteroatoms. The molecular weight excluding hydrogens is 551 g/mol. The van der Waals surface area contributed by atoms with Gasteiger partial charge in [0.1, 0.15) is 0 Å². The summed E-state index contributed by atoms with van der Waals surface area (Å²) >= 11 is -3.40. The Labute approximate surface area is 236 Å². The third-order valence-electron chi connectivity index (χ3n) is 7.98. The van der Waals surface area contributed by atoms with E-state index in [0.717, 1.165) is 40.1 Å². The molecule has 0 saturated heterocycles. The summed E-state index contributed by atoms with van der Waals surface area (Å²) in [5, 5.41) is 0. The third kappa shape index (κ3) is 3.38. The minimum absolute atomic E-state index is 0.839. The summed E-state index contributed by atoms with van der Waals surface area (Å²) in [6, 6.07) is 53.9. The molecule has 2 heterocycles. The number of rotatable bonds is 3. The van der Waals surface area contributed by atoms with Crippen molar-refractivity contribution in [3.63, 3.8) is 0 Å². The zero-order valence-corrected chi connectivity index (χ0v) is 23.8. The Morgan fingerprint density at radius 2 is 0.875 bits per heavy atom. The predicted molar refractivity (Wildman–Crippen MR) is 165 cm³/mol. The molecule has 8 rings (SSSR count). The molecule has 0 radical (unpaired) electrons. The number of fused-ring (bicyclic) bond motifs is 4. The van der Waals surface area contributed by atoms with Crippen LogP contribution >= 0.6 is 0 Å². The van der Waals surface area contributed by atoms with Crippen molar-refractivity contribution in [3.8, 4) is 23.0 Å². The van der Waals surface area contributed by atoms with Crippen LogP contribution in [0.1, 0.15) is 0 Å². The maximum absolute atomic E-state index is 6.77. The van der Waals surface area contributed by atoms with Crippen molar-refractivity contribution >= 4 is 47.9 Å². The predicted octanol–water partition coefficient (Wildman–Crippen LogP) is 6.75. The third-order valence-corrected chi connectivity index (χ3v) is 18.1. The summed E-state index contributed by atoms with van der Waals surface area (Å²) < 4.78 is 18.4. The molecule has 0 aliphatic carbocycles. The Hall–Kier alpha value is -4.74. The van der Waals surface area contributed by atoms with Crippen LogP contribution in [0.4, 0.5) is 17.1 Å². The SMILES string of the molecule is c1cc[c]([Ge]2([c]3ccccc3)[c]3ccccc3Oc3cc(N4c5ccccc5Oc5ccccc54)cc[c]32)cc1. The van der Waals surface area contributed by atoms with Crippen LogP contribution in [0.15, 0.2) is 152 Å². The number of hydrogen-bond donors (Lipinski definition) is 0. The average molecular weight is 576 g/mol. The van der Waals surface area contributed by atoms with Gasteiger partial charge in [-0.1, -0.05) is 0 Å². The fourth-order valence-electron chi connectivity index (χ4n) is 6.32. The van der Waals surface area contributed by atoms with E-state index < -0.39 is 13.3 Å². The van der Waals surface area contributed by atoms with Crippen LogP contribution in [0, 0.1) is 0 Å².